The smallest absolute Gasteiger partial charge is 0.232 e. The van der Waals surface area contributed by atoms with E-state index in [-0.39, 0.29) is 24.3 Å². The van der Waals surface area contributed by atoms with Crippen LogP contribution in [0.4, 0.5) is 5.69 Å². The van der Waals surface area contributed by atoms with E-state index in [1.165, 1.54) is 5.69 Å². The number of amides is 2. The molecule has 1 aliphatic heterocycles. The standard InChI is InChI=1S/C16H23N3O2/c1-13(2)17-15(20)12-16(21)19-10-8-18(9-11-19)14-6-4-3-5-7-14/h3-7,13H,8-12H2,1-2H3,(H,17,20). The second kappa shape index (κ2) is 7.11. The predicted octanol–water partition coefficient (Wildman–Crippen LogP) is 1.25. The molecular weight excluding hydrogens is 266 g/mol. The quantitative estimate of drug-likeness (QED) is 0.849. The van der Waals surface area contributed by atoms with Crippen LogP contribution in [0.2, 0.25) is 0 Å². The van der Waals surface area contributed by atoms with Gasteiger partial charge in [-0.05, 0) is 26.0 Å². The summed E-state index contributed by atoms with van der Waals surface area (Å²) >= 11 is 0. The van der Waals surface area contributed by atoms with Crippen molar-refractivity contribution >= 4 is 17.5 Å². The van der Waals surface area contributed by atoms with E-state index in [0.717, 1.165) is 13.1 Å². The summed E-state index contributed by atoms with van der Waals surface area (Å²) in [5.74, 6) is -0.277. The molecule has 1 aromatic rings. The van der Waals surface area contributed by atoms with Crippen LogP contribution in [0.5, 0.6) is 0 Å². The zero-order chi connectivity index (χ0) is 15.2. The summed E-state index contributed by atoms with van der Waals surface area (Å²) in [6, 6.07) is 10.3. The van der Waals surface area contributed by atoms with Gasteiger partial charge in [0.2, 0.25) is 11.8 Å². The number of carbonyl (C=O) groups is 2. The topological polar surface area (TPSA) is 52.7 Å². The molecule has 0 bridgehead atoms. The largest absolute Gasteiger partial charge is 0.368 e. The van der Waals surface area contributed by atoms with Gasteiger partial charge in [0, 0.05) is 37.9 Å². The molecule has 0 atom stereocenters. The number of rotatable bonds is 4. The number of para-hydroxylation sites is 1. The molecule has 1 aromatic carbocycles. The Kier molecular flexibility index (Phi) is 5.20. The van der Waals surface area contributed by atoms with Gasteiger partial charge in [0.15, 0.2) is 0 Å². The molecular formula is C16H23N3O2. The Morgan fingerprint density at radius 3 is 2.29 bits per heavy atom. The molecule has 0 aliphatic carbocycles. The van der Waals surface area contributed by atoms with Crippen LogP contribution in [0.1, 0.15) is 20.3 Å². The van der Waals surface area contributed by atoms with Gasteiger partial charge >= 0.3 is 0 Å². The van der Waals surface area contributed by atoms with Crippen LogP contribution < -0.4 is 10.2 Å². The van der Waals surface area contributed by atoms with Crippen LogP contribution in [-0.4, -0.2) is 48.9 Å². The summed E-state index contributed by atoms with van der Waals surface area (Å²) < 4.78 is 0. The zero-order valence-corrected chi connectivity index (χ0v) is 12.7. The van der Waals surface area contributed by atoms with Crippen LogP contribution in [0.25, 0.3) is 0 Å². The van der Waals surface area contributed by atoms with Gasteiger partial charge in [-0.2, -0.15) is 0 Å². The molecule has 1 fully saturated rings. The maximum atomic E-state index is 12.1. The maximum absolute atomic E-state index is 12.1. The lowest BCUT2D eigenvalue weighted by Crippen LogP contribution is -2.49. The van der Waals surface area contributed by atoms with Crippen LogP contribution in [0.3, 0.4) is 0 Å². The third-order valence-electron chi connectivity index (χ3n) is 3.52. The molecule has 1 aliphatic rings. The Balaban J connectivity index is 1.81. The fourth-order valence-electron chi connectivity index (χ4n) is 2.48. The first-order chi connectivity index (χ1) is 10.1. The van der Waals surface area contributed by atoms with Crippen molar-refractivity contribution in [3.05, 3.63) is 30.3 Å². The summed E-state index contributed by atoms with van der Waals surface area (Å²) in [5.41, 5.74) is 1.18. The average molecular weight is 289 g/mol. The molecule has 2 amide bonds. The first kappa shape index (κ1) is 15.4. The molecule has 1 heterocycles. The van der Waals surface area contributed by atoms with Crippen molar-refractivity contribution in [3.63, 3.8) is 0 Å². The fourth-order valence-corrected chi connectivity index (χ4v) is 2.48. The van der Waals surface area contributed by atoms with Crippen molar-refractivity contribution in [2.24, 2.45) is 0 Å². The molecule has 21 heavy (non-hydrogen) atoms. The molecule has 2 rings (SSSR count). The Morgan fingerprint density at radius 2 is 1.71 bits per heavy atom. The van der Waals surface area contributed by atoms with Crippen molar-refractivity contribution < 1.29 is 9.59 Å². The maximum Gasteiger partial charge on any atom is 0.232 e. The number of piperazine rings is 1. The van der Waals surface area contributed by atoms with Crippen LogP contribution in [-0.2, 0) is 9.59 Å². The molecule has 0 saturated carbocycles. The molecule has 1 N–H and O–H groups in total. The van der Waals surface area contributed by atoms with Gasteiger partial charge in [-0.15, -0.1) is 0 Å². The third kappa shape index (κ3) is 4.48. The highest BCUT2D eigenvalue weighted by Crippen LogP contribution is 2.15. The lowest BCUT2D eigenvalue weighted by molar-refractivity contribution is -0.136. The van der Waals surface area contributed by atoms with E-state index in [4.69, 9.17) is 0 Å². The highest BCUT2D eigenvalue weighted by Gasteiger charge is 2.22. The lowest BCUT2D eigenvalue weighted by Gasteiger charge is -2.36. The second-order valence-corrected chi connectivity index (χ2v) is 5.60. The van der Waals surface area contributed by atoms with Gasteiger partial charge in [-0.1, -0.05) is 18.2 Å². The lowest BCUT2D eigenvalue weighted by atomic mass is 10.2. The number of hydrogen-bond donors (Lipinski definition) is 1. The highest BCUT2D eigenvalue weighted by molar-refractivity contribution is 5.97. The molecule has 1 saturated heterocycles. The minimum absolute atomic E-state index is 0.0521. The first-order valence-corrected chi connectivity index (χ1v) is 7.43. The van der Waals surface area contributed by atoms with Crippen molar-refractivity contribution in [2.45, 2.75) is 26.3 Å². The SMILES string of the molecule is CC(C)NC(=O)CC(=O)N1CCN(c2ccccc2)CC1. The van der Waals surface area contributed by atoms with E-state index in [2.05, 4.69) is 22.3 Å². The van der Waals surface area contributed by atoms with Crippen LogP contribution >= 0.6 is 0 Å². The molecule has 5 heteroatoms. The van der Waals surface area contributed by atoms with Crippen LogP contribution in [0, 0.1) is 0 Å². The van der Waals surface area contributed by atoms with E-state index in [9.17, 15) is 9.59 Å². The summed E-state index contributed by atoms with van der Waals surface area (Å²) in [6.45, 7) is 6.73. The van der Waals surface area contributed by atoms with E-state index in [1.807, 2.05) is 32.0 Å². The summed E-state index contributed by atoms with van der Waals surface area (Å²) in [6.07, 6.45) is -0.0521. The number of nitrogens with one attached hydrogen (secondary N) is 1. The molecule has 114 valence electrons. The molecule has 0 unspecified atom stereocenters. The van der Waals surface area contributed by atoms with Crippen LogP contribution in [0.15, 0.2) is 30.3 Å². The van der Waals surface area contributed by atoms with Gasteiger partial charge in [0.25, 0.3) is 0 Å². The number of benzene rings is 1. The summed E-state index contributed by atoms with van der Waals surface area (Å²) in [5, 5.41) is 2.75. The van der Waals surface area contributed by atoms with Crippen molar-refractivity contribution in [1.82, 2.24) is 10.2 Å². The number of carbonyl (C=O) groups excluding carboxylic acids is 2. The predicted molar refractivity (Wildman–Crippen MR) is 83.1 cm³/mol. The average Bonchev–Trinajstić information content (AvgIpc) is 2.47. The Labute approximate surface area is 125 Å². The van der Waals surface area contributed by atoms with Gasteiger partial charge in [-0.25, -0.2) is 0 Å². The van der Waals surface area contributed by atoms with E-state index in [1.54, 1.807) is 4.90 Å². The van der Waals surface area contributed by atoms with Gasteiger partial charge in [-0.3, -0.25) is 9.59 Å². The second-order valence-electron chi connectivity index (χ2n) is 5.60. The highest BCUT2D eigenvalue weighted by atomic mass is 16.2. The molecule has 0 radical (unpaired) electrons. The number of nitrogens with zero attached hydrogens (tertiary/aromatic N) is 2. The Hall–Kier alpha value is -2.04. The third-order valence-corrected chi connectivity index (χ3v) is 3.52. The van der Waals surface area contributed by atoms with E-state index < -0.39 is 0 Å². The van der Waals surface area contributed by atoms with Gasteiger partial charge in [0.1, 0.15) is 6.42 Å². The Morgan fingerprint density at radius 1 is 1.10 bits per heavy atom. The van der Waals surface area contributed by atoms with Gasteiger partial charge < -0.3 is 15.1 Å². The van der Waals surface area contributed by atoms with E-state index >= 15 is 0 Å². The van der Waals surface area contributed by atoms with Gasteiger partial charge in [0.05, 0.1) is 0 Å². The summed E-state index contributed by atoms with van der Waals surface area (Å²) in [4.78, 5) is 27.7. The normalized spacial score (nSPS) is 15.2. The number of hydrogen-bond acceptors (Lipinski definition) is 3. The molecule has 0 aromatic heterocycles. The monoisotopic (exact) mass is 289 g/mol. The number of anilines is 1. The molecule has 0 spiro atoms. The van der Waals surface area contributed by atoms with E-state index in [0.29, 0.717) is 13.1 Å². The minimum atomic E-state index is -0.194. The Bertz CT molecular complexity index is 480. The van der Waals surface area contributed by atoms with Crippen molar-refractivity contribution in [3.8, 4) is 0 Å². The first-order valence-electron chi connectivity index (χ1n) is 7.43. The van der Waals surface area contributed by atoms with Crippen molar-refractivity contribution in [2.75, 3.05) is 31.1 Å². The molecule has 5 nitrogen and oxygen atoms in total. The minimum Gasteiger partial charge on any atom is -0.368 e. The zero-order valence-electron chi connectivity index (χ0n) is 12.7. The van der Waals surface area contributed by atoms with Crippen molar-refractivity contribution in [1.29, 1.82) is 0 Å². The fraction of sp³-hybridized carbons (Fsp3) is 0.500. The summed E-state index contributed by atoms with van der Waals surface area (Å²) in [7, 11) is 0.